The van der Waals surface area contributed by atoms with Gasteiger partial charge >= 0.3 is 0 Å². The van der Waals surface area contributed by atoms with Crippen LogP contribution < -0.4 is 11.1 Å². The average molecular weight is 310 g/mol. The summed E-state index contributed by atoms with van der Waals surface area (Å²) < 4.78 is 10.2. The smallest absolute Gasteiger partial charge is 0.234 e. The first-order valence-corrected chi connectivity index (χ1v) is 7.26. The molecule has 0 aliphatic heterocycles. The first kappa shape index (κ1) is 17.6. The van der Waals surface area contributed by atoms with Gasteiger partial charge in [0.1, 0.15) is 5.92 Å². The van der Waals surface area contributed by atoms with Crippen LogP contribution in [-0.2, 0) is 14.3 Å². The van der Waals surface area contributed by atoms with Gasteiger partial charge in [-0.25, -0.2) is 0 Å². The van der Waals surface area contributed by atoms with Crippen LogP contribution in [0.4, 0.5) is 0 Å². The van der Waals surface area contributed by atoms with Crippen molar-refractivity contribution in [1.29, 1.82) is 0 Å². The fourth-order valence-corrected chi connectivity index (χ4v) is 2.07. The van der Waals surface area contributed by atoms with Crippen LogP contribution in [0.25, 0.3) is 0 Å². The summed E-state index contributed by atoms with van der Waals surface area (Å²) in [5.41, 5.74) is 6.49. The standard InChI is InChI=1S/C15H22N2O3S/c1-19-10-11-20-9-5-8-17-15(18)13(14(16)21)12-6-3-2-4-7-12/h2-4,6-7,13H,5,8-11H2,1H3,(H2,16,21)(H,17,18). The molecule has 116 valence electrons. The van der Waals surface area contributed by atoms with E-state index in [2.05, 4.69) is 5.32 Å². The van der Waals surface area contributed by atoms with Gasteiger partial charge in [0.05, 0.1) is 18.2 Å². The molecule has 0 saturated heterocycles. The van der Waals surface area contributed by atoms with E-state index in [0.717, 1.165) is 12.0 Å². The molecule has 0 bridgehead atoms. The van der Waals surface area contributed by atoms with Crippen LogP contribution in [0.1, 0.15) is 17.9 Å². The highest BCUT2D eigenvalue weighted by Gasteiger charge is 2.22. The summed E-state index contributed by atoms with van der Waals surface area (Å²) in [6.45, 7) is 2.23. The summed E-state index contributed by atoms with van der Waals surface area (Å²) in [5.74, 6) is -0.763. The number of thiocarbonyl (C=S) groups is 1. The highest BCUT2D eigenvalue weighted by molar-refractivity contribution is 7.80. The molecule has 0 aliphatic rings. The van der Waals surface area contributed by atoms with Crippen molar-refractivity contribution in [1.82, 2.24) is 5.32 Å². The topological polar surface area (TPSA) is 73.6 Å². The molecular formula is C15H22N2O3S. The summed E-state index contributed by atoms with van der Waals surface area (Å²) in [5, 5.41) is 2.84. The molecule has 0 radical (unpaired) electrons. The lowest BCUT2D eigenvalue weighted by Gasteiger charge is -2.16. The van der Waals surface area contributed by atoms with E-state index < -0.39 is 5.92 Å². The number of rotatable bonds is 10. The summed E-state index contributed by atoms with van der Waals surface area (Å²) in [4.78, 5) is 12.4. The Kier molecular flexibility index (Phi) is 8.57. The number of nitrogens with one attached hydrogen (secondary N) is 1. The van der Waals surface area contributed by atoms with Crippen LogP contribution >= 0.6 is 12.2 Å². The Morgan fingerprint density at radius 2 is 2.00 bits per heavy atom. The number of carbonyl (C=O) groups excluding carboxylic acids is 1. The van der Waals surface area contributed by atoms with E-state index in [4.69, 9.17) is 27.4 Å². The van der Waals surface area contributed by atoms with E-state index in [9.17, 15) is 4.79 Å². The van der Waals surface area contributed by atoms with E-state index in [1.807, 2.05) is 30.3 Å². The molecule has 1 rings (SSSR count). The molecule has 0 aromatic heterocycles. The van der Waals surface area contributed by atoms with Crippen LogP contribution in [0.2, 0.25) is 0 Å². The Morgan fingerprint density at radius 1 is 1.29 bits per heavy atom. The van der Waals surface area contributed by atoms with Crippen molar-refractivity contribution in [3.8, 4) is 0 Å². The van der Waals surface area contributed by atoms with Crippen LogP contribution in [0.15, 0.2) is 30.3 Å². The molecule has 1 atom stereocenters. The predicted octanol–water partition coefficient (Wildman–Crippen LogP) is 1.23. The molecule has 1 aromatic carbocycles. The van der Waals surface area contributed by atoms with Crippen molar-refractivity contribution < 1.29 is 14.3 Å². The van der Waals surface area contributed by atoms with Gasteiger partial charge in [-0.2, -0.15) is 0 Å². The summed E-state index contributed by atoms with van der Waals surface area (Å²) in [6, 6.07) is 9.29. The maximum Gasteiger partial charge on any atom is 0.234 e. The van der Waals surface area contributed by atoms with Crippen LogP contribution in [0.5, 0.6) is 0 Å². The number of nitrogens with two attached hydrogens (primary N) is 1. The van der Waals surface area contributed by atoms with Crippen molar-refractivity contribution in [3.63, 3.8) is 0 Å². The lowest BCUT2D eigenvalue weighted by molar-refractivity contribution is -0.121. The van der Waals surface area contributed by atoms with Gasteiger partial charge in [0.15, 0.2) is 0 Å². The number of amides is 1. The third-order valence-electron chi connectivity index (χ3n) is 2.88. The Morgan fingerprint density at radius 3 is 2.62 bits per heavy atom. The van der Waals surface area contributed by atoms with Crippen molar-refractivity contribution in [2.24, 2.45) is 5.73 Å². The number of benzene rings is 1. The van der Waals surface area contributed by atoms with Gasteiger partial charge < -0.3 is 20.5 Å². The Hall–Kier alpha value is -1.50. The zero-order chi connectivity index (χ0) is 15.5. The normalized spacial score (nSPS) is 11.9. The molecule has 0 heterocycles. The largest absolute Gasteiger partial charge is 0.392 e. The van der Waals surface area contributed by atoms with E-state index in [0.29, 0.717) is 26.4 Å². The van der Waals surface area contributed by atoms with E-state index in [1.54, 1.807) is 7.11 Å². The monoisotopic (exact) mass is 310 g/mol. The van der Waals surface area contributed by atoms with Crippen LogP contribution in [0.3, 0.4) is 0 Å². The van der Waals surface area contributed by atoms with E-state index >= 15 is 0 Å². The molecule has 1 aromatic rings. The quantitative estimate of drug-likeness (QED) is 0.502. The van der Waals surface area contributed by atoms with Crippen LogP contribution in [0, 0.1) is 0 Å². The minimum Gasteiger partial charge on any atom is -0.392 e. The summed E-state index contributed by atoms with van der Waals surface area (Å²) in [6.07, 6.45) is 0.730. The van der Waals surface area contributed by atoms with Crippen molar-refractivity contribution in [2.75, 3.05) is 33.5 Å². The third kappa shape index (κ3) is 6.66. The zero-order valence-electron chi connectivity index (χ0n) is 12.2. The fourth-order valence-electron chi connectivity index (χ4n) is 1.82. The lowest BCUT2D eigenvalue weighted by Crippen LogP contribution is -2.36. The number of hydrogen-bond acceptors (Lipinski definition) is 4. The summed E-state index contributed by atoms with van der Waals surface area (Å²) >= 11 is 5.00. The number of hydrogen-bond donors (Lipinski definition) is 2. The molecule has 3 N–H and O–H groups in total. The van der Waals surface area contributed by atoms with E-state index in [-0.39, 0.29) is 10.9 Å². The second kappa shape index (κ2) is 10.3. The first-order valence-electron chi connectivity index (χ1n) is 6.85. The van der Waals surface area contributed by atoms with Crippen molar-refractivity contribution >= 4 is 23.1 Å². The predicted molar refractivity (Wildman–Crippen MR) is 86.3 cm³/mol. The second-order valence-corrected chi connectivity index (χ2v) is 4.97. The van der Waals surface area contributed by atoms with Gasteiger partial charge in [-0.15, -0.1) is 0 Å². The minimum absolute atomic E-state index is 0.175. The number of methoxy groups -OCH3 is 1. The maximum atomic E-state index is 12.2. The molecule has 0 spiro atoms. The van der Waals surface area contributed by atoms with Crippen molar-refractivity contribution in [3.05, 3.63) is 35.9 Å². The molecule has 1 amide bonds. The number of ether oxygens (including phenoxy) is 2. The first-order chi connectivity index (χ1) is 10.2. The van der Waals surface area contributed by atoms with Gasteiger partial charge in [-0.3, -0.25) is 4.79 Å². The molecule has 0 aliphatic carbocycles. The van der Waals surface area contributed by atoms with Crippen LogP contribution in [-0.4, -0.2) is 44.4 Å². The zero-order valence-corrected chi connectivity index (χ0v) is 13.0. The van der Waals surface area contributed by atoms with Gasteiger partial charge in [0.25, 0.3) is 0 Å². The Balaban J connectivity index is 2.36. The number of carbonyl (C=O) groups is 1. The third-order valence-corrected chi connectivity index (χ3v) is 3.11. The molecule has 5 nitrogen and oxygen atoms in total. The minimum atomic E-state index is -0.587. The van der Waals surface area contributed by atoms with E-state index in [1.165, 1.54) is 0 Å². The molecular weight excluding hydrogens is 288 g/mol. The highest BCUT2D eigenvalue weighted by atomic mass is 32.1. The Labute approximate surface area is 130 Å². The highest BCUT2D eigenvalue weighted by Crippen LogP contribution is 2.16. The Bertz CT molecular complexity index is 440. The SMILES string of the molecule is COCCOCCCNC(=O)C(C(N)=S)c1ccccc1. The van der Waals surface area contributed by atoms with Gasteiger partial charge in [0, 0.05) is 20.3 Å². The summed E-state index contributed by atoms with van der Waals surface area (Å²) in [7, 11) is 1.63. The maximum absolute atomic E-state index is 12.2. The van der Waals surface area contributed by atoms with Gasteiger partial charge in [0.2, 0.25) is 5.91 Å². The fraction of sp³-hybridized carbons (Fsp3) is 0.467. The average Bonchev–Trinajstić information content (AvgIpc) is 2.47. The lowest BCUT2D eigenvalue weighted by atomic mass is 9.98. The molecule has 21 heavy (non-hydrogen) atoms. The molecule has 6 heteroatoms. The second-order valence-electron chi connectivity index (χ2n) is 4.50. The van der Waals surface area contributed by atoms with Gasteiger partial charge in [-0.05, 0) is 12.0 Å². The van der Waals surface area contributed by atoms with Gasteiger partial charge in [-0.1, -0.05) is 42.5 Å². The van der Waals surface area contributed by atoms with Crippen molar-refractivity contribution in [2.45, 2.75) is 12.3 Å². The molecule has 1 unspecified atom stereocenters. The molecule has 0 fully saturated rings. The molecule has 0 saturated carbocycles.